The Morgan fingerprint density at radius 3 is 3.05 bits per heavy atom. The van der Waals surface area contributed by atoms with Crippen molar-refractivity contribution in [2.45, 2.75) is 29.3 Å². The fourth-order valence-electron chi connectivity index (χ4n) is 2.21. The van der Waals surface area contributed by atoms with Gasteiger partial charge in [0.25, 0.3) is 0 Å². The van der Waals surface area contributed by atoms with E-state index in [4.69, 9.17) is 10.9 Å². The molecule has 0 aliphatic heterocycles. The Labute approximate surface area is 120 Å². The maximum Gasteiger partial charge on any atom is 0.172 e. The average Bonchev–Trinajstić information content (AvgIpc) is 2.94. The summed E-state index contributed by atoms with van der Waals surface area (Å²) < 4.78 is 0. The maximum atomic E-state index is 8.93. The Morgan fingerprint density at radius 1 is 1.40 bits per heavy atom. The number of nitrogens with zero attached hydrogens (tertiary/aromatic N) is 4. The van der Waals surface area contributed by atoms with Crippen molar-refractivity contribution in [2.75, 3.05) is 0 Å². The summed E-state index contributed by atoms with van der Waals surface area (Å²) in [6, 6.07) is 3.77. The van der Waals surface area contributed by atoms with Gasteiger partial charge in [0.05, 0.1) is 5.56 Å². The number of aryl methyl sites for hydroxylation is 2. The lowest BCUT2D eigenvalue weighted by atomic mass is 10.1. The number of fused-ring (bicyclic) bond motifs is 1. The molecule has 0 atom stereocenters. The molecule has 0 saturated heterocycles. The fourth-order valence-corrected chi connectivity index (χ4v) is 3.06. The molecular formula is C13H13N5OS. The molecule has 7 heteroatoms. The van der Waals surface area contributed by atoms with Crippen LogP contribution in [0.25, 0.3) is 0 Å². The molecule has 0 unspecified atom stereocenters. The first-order valence-electron chi connectivity index (χ1n) is 6.22. The van der Waals surface area contributed by atoms with Crippen molar-refractivity contribution >= 4 is 17.6 Å². The summed E-state index contributed by atoms with van der Waals surface area (Å²) in [7, 11) is 0. The maximum absolute atomic E-state index is 8.93. The molecule has 2 aromatic heterocycles. The third kappa shape index (κ3) is 2.44. The second-order valence-corrected chi connectivity index (χ2v) is 5.44. The van der Waals surface area contributed by atoms with Crippen molar-refractivity contribution in [3.05, 3.63) is 41.5 Å². The summed E-state index contributed by atoms with van der Waals surface area (Å²) in [5, 5.41) is 13.5. The third-order valence-electron chi connectivity index (χ3n) is 3.16. The van der Waals surface area contributed by atoms with Gasteiger partial charge in [-0.25, -0.2) is 15.0 Å². The van der Waals surface area contributed by atoms with E-state index in [0.717, 1.165) is 30.0 Å². The number of oxime groups is 1. The van der Waals surface area contributed by atoms with Gasteiger partial charge in [-0.1, -0.05) is 5.16 Å². The van der Waals surface area contributed by atoms with E-state index in [1.807, 2.05) is 6.07 Å². The van der Waals surface area contributed by atoms with Crippen LogP contribution in [0.3, 0.4) is 0 Å². The van der Waals surface area contributed by atoms with Crippen LogP contribution >= 0.6 is 11.8 Å². The number of pyridine rings is 1. The minimum atomic E-state index is 0.0729. The summed E-state index contributed by atoms with van der Waals surface area (Å²) in [6.07, 6.45) is 6.22. The molecule has 0 bridgehead atoms. The average molecular weight is 287 g/mol. The van der Waals surface area contributed by atoms with Crippen molar-refractivity contribution in [1.82, 2.24) is 15.0 Å². The smallest absolute Gasteiger partial charge is 0.172 e. The highest BCUT2D eigenvalue weighted by Crippen LogP contribution is 2.31. The Bertz CT molecular complexity index is 659. The Hall–Kier alpha value is -2.15. The summed E-state index contributed by atoms with van der Waals surface area (Å²) in [6.45, 7) is 0. The molecule has 0 saturated carbocycles. The Balaban J connectivity index is 2.04. The number of amidine groups is 1. The van der Waals surface area contributed by atoms with Crippen LogP contribution in [0.15, 0.2) is 39.9 Å². The van der Waals surface area contributed by atoms with Crippen molar-refractivity contribution in [1.29, 1.82) is 0 Å². The van der Waals surface area contributed by atoms with Gasteiger partial charge in [-0.15, -0.1) is 0 Å². The van der Waals surface area contributed by atoms with Gasteiger partial charge in [0.1, 0.15) is 16.4 Å². The number of hydrogen-bond donors (Lipinski definition) is 2. The van der Waals surface area contributed by atoms with Gasteiger partial charge < -0.3 is 10.9 Å². The second kappa shape index (κ2) is 5.46. The predicted molar refractivity (Wildman–Crippen MR) is 74.9 cm³/mol. The van der Waals surface area contributed by atoms with Crippen LogP contribution in [0, 0.1) is 0 Å². The van der Waals surface area contributed by atoms with Gasteiger partial charge >= 0.3 is 0 Å². The SMILES string of the molecule is NC(=NO)c1cc2c(nc1Sc1ccncn1)CCC2. The fraction of sp³-hybridized carbons (Fsp3) is 0.231. The Morgan fingerprint density at radius 2 is 2.30 bits per heavy atom. The van der Waals surface area contributed by atoms with E-state index in [2.05, 4.69) is 20.1 Å². The van der Waals surface area contributed by atoms with Gasteiger partial charge in [-0.05, 0) is 48.7 Å². The molecule has 1 aliphatic rings. The molecule has 102 valence electrons. The zero-order valence-corrected chi connectivity index (χ0v) is 11.5. The highest BCUT2D eigenvalue weighted by atomic mass is 32.2. The number of rotatable bonds is 3. The quantitative estimate of drug-likeness (QED) is 0.292. The summed E-state index contributed by atoms with van der Waals surface area (Å²) in [5.41, 5.74) is 8.68. The normalized spacial score (nSPS) is 14.3. The minimum Gasteiger partial charge on any atom is -0.409 e. The lowest BCUT2D eigenvalue weighted by molar-refractivity contribution is 0.318. The van der Waals surface area contributed by atoms with E-state index in [1.165, 1.54) is 23.7 Å². The molecule has 0 radical (unpaired) electrons. The van der Waals surface area contributed by atoms with E-state index in [1.54, 1.807) is 12.3 Å². The summed E-state index contributed by atoms with van der Waals surface area (Å²) >= 11 is 1.39. The molecule has 20 heavy (non-hydrogen) atoms. The molecule has 1 aliphatic carbocycles. The first kappa shape index (κ1) is 12.9. The van der Waals surface area contributed by atoms with Crippen LogP contribution in [-0.4, -0.2) is 26.0 Å². The van der Waals surface area contributed by atoms with E-state index >= 15 is 0 Å². The molecule has 2 heterocycles. The van der Waals surface area contributed by atoms with Crippen LogP contribution < -0.4 is 5.73 Å². The number of nitrogens with two attached hydrogens (primary N) is 1. The van der Waals surface area contributed by atoms with E-state index < -0.39 is 0 Å². The zero-order chi connectivity index (χ0) is 13.9. The van der Waals surface area contributed by atoms with Gasteiger partial charge in [0.15, 0.2) is 5.84 Å². The zero-order valence-electron chi connectivity index (χ0n) is 10.7. The van der Waals surface area contributed by atoms with Gasteiger partial charge in [-0.3, -0.25) is 0 Å². The van der Waals surface area contributed by atoms with Crippen molar-refractivity contribution in [3.63, 3.8) is 0 Å². The largest absolute Gasteiger partial charge is 0.409 e. The molecule has 0 amide bonds. The number of hydrogen-bond acceptors (Lipinski definition) is 6. The van der Waals surface area contributed by atoms with Gasteiger partial charge in [0.2, 0.25) is 0 Å². The summed E-state index contributed by atoms with van der Waals surface area (Å²) in [5.74, 6) is 0.0729. The molecule has 3 rings (SSSR count). The monoisotopic (exact) mass is 287 g/mol. The predicted octanol–water partition coefficient (Wildman–Crippen LogP) is 1.61. The van der Waals surface area contributed by atoms with Crippen LogP contribution in [0.2, 0.25) is 0 Å². The second-order valence-electron chi connectivity index (χ2n) is 4.44. The molecule has 0 aromatic carbocycles. The van der Waals surface area contributed by atoms with Gasteiger partial charge in [-0.2, -0.15) is 0 Å². The van der Waals surface area contributed by atoms with Crippen molar-refractivity contribution in [3.8, 4) is 0 Å². The Kier molecular flexibility index (Phi) is 3.51. The van der Waals surface area contributed by atoms with E-state index in [9.17, 15) is 0 Å². The minimum absolute atomic E-state index is 0.0729. The third-order valence-corrected chi connectivity index (χ3v) is 4.11. The molecule has 6 nitrogen and oxygen atoms in total. The first-order chi connectivity index (χ1) is 9.78. The molecule has 2 aromatic rings. The lowest BCUT2D eigenvalue weighted by Gasteiger charge is -2.09. The highest BCUT2D eigenvalue weighted by molar-refractivity contribution is 7.99. The van der Waals surface area contributed by atoms with Crippen molar-refractivity contribution < 1.29 is 5.21 Å². The van der Waals surface area contributed by atoms with E-state index in [-0.39, 0.29) is 5.84 Å². The molecule has 3 N–H and O–H groups in total. The molecular weight excluding hydrogens is 274 g/mol. The topological polar surface area (TPSA) is 97.3 Å². The summed E-state index contributed by atoms with van der Waals surface area (Å²) in [4.78, 5) is 12.7. The highest BCUT2D eigenvalue weighted by Gasteiger charge is 2.19. The number of aromatic nitrogens is 3. The molecule has 0 spiro atoms. The molecule has 0 fully saturated rings. The van der Waals surface area contributed by atoms with Crippen LogP contribution in [0.1, 0.15) is 23.2 Å². The standard InChI is InChI=1S/C13H13N5OS/c14-12(18-19)9-6-8-2-1-3-10(8)17-13(9)20-11-4-5-15-7-16-11/h4-7,19H,1-3H2,(H2,14,18). The van der Waals surface area contributed by atoms with E-state index in [0.29, 0.717) is 10.6 Å². The van der Waals surface area contributed by atoms with Gasteiger partial charge in [0, 0.05) is 11.9 Å². The van der Waals surface area contributed by atoms with Crippen LogP contribution in [-0.2, 0) is 12.8 Å². The first-order valence-corrected chi connectivity index (χ1v) is 7.04. The van der Waals surface area contributed by atoms with Crippen molar-refractivity contribution in [2.24, 2.45) is 10.9 Å². The van der Waals surface area contributed by atoms with Crippen LogP contribution in [0.4, 0.5) is 0 Å². The van der Waals surface area contributed by atoms with Crippen LogP contribution in [0.5, 0.6) is 0 Å². The lowest BCUT2D eigenvalue weighted by Crippen LogP contribution is -2.16.